The molecule has 1 heterocycles. The number of halogens is 1. The van der Waals surface area contributed by atoms with Gasteiger partial charge in [0.15, 0.2) is 0 Å². The SMILES string of the molecule is CCOc1cccc(NC(=O)/C(C#N)=C/c2ccc(-c3ccc(Cl)c([N+](=O)[O-])c3)o2)c1. The van der Waals surface area contributed by atoms with Crippen molar-refractivity contribution in [2.24, 2.45) is 0 Å². The Morgan fingerprint density at radius 1 is 1.29 bits per heavy atom. The number of carbonyl (C=O) groups excluding carboxylic acids is 1. The molecule has 1 N–H and O–H groups in total. The van der Waals surface area contributed by atoms with Gasteiger partial charge in [0.05, 0.1) is 11.5 Å². The van der Waals surface area contributed by atoms with Crippen LogP contribution in [-0.4, -0.2) is 17.4 Å². The van der Waals surface area contributed by atoms with Gasteiger partial charge >= 0.3 is 0 Å². The maximum atomic E-state index is 12.5. The van der Waals surface area contributed by atoms with Crippen molar-refractivity contribution in [1.29, 1.82) is 5.26 Å². The number of benzene rings is 2. The summed E-state index contributed by atoms with van der Waals surface area (Å²) < 4.78 is 11.0. The van der Waals surface area contributed by atoms with E-state index in [-0.39, 0.29) is 22.0 Å². The second-order valence-corrected chi connectivity index (χ2v) is 6.62. The molecule has 0 atom stereocenters. The molecule has 2 aromatic carbocycles. The number of hydrogen-bond acceptors (Lipinski definition) is 6. The first-order valence-corrected chi connectivity index (χ1v) is 9.49. The first kappa shape index (κ1) is 21.6. The smallest absolute Gasteiger partial charge is 0.288 e. The van der Waals surface area contributed by atoms with Crippen LogP contribution in [0, 0.1) is 21.4 Å². The van der Waals surface area contributed by atoms with Gasteiger partial charge in [-0.2, -0.15) is 5.26 Å². The summed E-state index contributed by atoms with van der Waals surface area (Å²) in [5.41, 5.74) is 0.487. The van der Waals surface area contributed by atoms with Crippen LogP contribution in [0.15, 0.2) is 64.6 Å². The van der Waals surface area contributed by atoms with Gasteiger partial charge < -0.3 is 14.5 Å². The zero-order chi connectivity index (χ0) is 22.4. The number of nitro groups is 1. The molecule has 1 aromatic heterocycles. The van der Waals surface area contributed by atoms with Crippen molar-refractivity contribution in [2.45, 2.75) is 6.92 Å². The summed E-state index contributed by atoms with van der Waals surface area (Å²) >= 11 is 5.83. The molecule has 0 fully saturated rings. The number of nitrogens with one attached hydrogen (secondary N) is 1. The number of hydrogen-bond donors (Lipinski definition) is 1. The highest BCUT2D eigenvalue weighted by Crippen LogP contribution is 2.31. The summed E-state index contributed by atoms with van der Waals surface area (Å²) in [5.74, 6) is 0.544. The van der Waals surface area contributed by atoms with Gasteiger partial charge in [-0.25, -0.2) is 0 Å². The van der Waals surface area contributed by atoms with Gasteiger partial charge in [0.1, 0.15) is 33.9 Å². The highest BCUT2D eigenvalue weighted by Gasteiger charge is 2.16. The standard InChI is InChI=1S/C22H16ClN3O5/c1-2-30-17-5-3-4-16(12-17)25-22(27)15(13-24)10-18-7-9-21(31-18)14-6-8-19(23)20(11-14)26(28)29/h3-12H,2H2,1H3,(H,25,27)/b15-10+. The van der Waals surface area contributed by atoms with E-state index in [9.17, 15) is 20.2 Å². The summed E-state index contributed by atoms with van der Waals surface area (Å²) in [6.07, 6.45) is 1.29. The van der Waals surface area contributed by atoms with Gasteiger partial charge in [-0.3, -0.25) is 14.9 Å². The van der Waals surface area contributed by atoms with Crippen molar-refractivity contribution in [3.8, 4) is 23.1 Å². The van der Waals surface area contributed by atoms with Gasteiger partial charge in [0, 0.05) is 29.5 Å². The quantitative estimate of drug-likeness (QED) is 0.227. The lowest BCUT2D eigenvalue weighted by Crippen LogP contribution is -2.13. The Balaban J connectivity index is 1.81. The van der Waals surface area contributed by atoms with Crippen LogP contribution in [0.25, 0.3) is 17.4 Å². The van der Waals surface area contributed by atoms with Crippen LogP contribution >= 0.6 is 11.6 Å². The molecule has 0 aliphatic rings. The maximum Gasteiger partial charge on any atom is 0.288 e. The summed E-state index contributed by atoms with van der Waals surface area (Å²) in [6.45, 7) is 2.33. The molecule has 9 heteroatoms. The molecule has 0 bridgehead atoms. The van der Waals surface area contributed by atoms with Crippen molar-refractivity contribution < 1.29 is 18.9 Å². The Morgan fingerprint density at radius 3 is 2.81 bits per heavy atom. The van der Waals surface area contributed by atoms with E-state index in [2.05, 4.69) is 5.32 Å². The zero-order valence-electron chi connectivity index (χ0n) is 16.3. The number of furan rings is 1. The Bertz CT molecular complexity index is 1210. The maximum absolute atomic E-state index is 12.5. The normalized spacial score (nSPS) is 10.9. The molecular formula is C22H16ClN3O5. The Labute approximate surface area is 182 Å². The molecular weight excluding hydrogens is 422 g/mol. The largest absolute Gasteiger partial charge is 0.494 e. The van der Waals surface area contributed by atoms with E-state index < -0.39 is 10.8 Å². The first-order chi connectivity index (χ1) is 14.9. The number of anilines is 1. The van der Waals surface area contributed by atoms with Crippen molar-refractivity contribution in [1.82, 2.24) is 0 Å². The lowest BCUT2D eigenvalue weighted by Gasteiger charge is -2.07. The molecule has 1 amide bonds. The summed E-state index contributed by atoms with van der Waals surface area (Å²) in [7, 11) is 0. The topological polar surface area (TPSA) is 118 Å². The average Bonchev–Trinajstić information content (AvgIpc) is 3.21. The molecule has 0 unspecified atom stereocenters. The highest BCUT2D eigenvalue weighted by atomic mass is 35.5. The molecule has 0 spiro atoms. The van der Waals surface area contributed by atoms with E-state index in [0.29, 0.717) is 29.4 Å². The fraction of sp³-hybridized carbons (Fsp3) is 0.0909. The molecule has 0 aliphatic carbocycles. The van der Waals surface area contributed by atoms with Crippen LogP contribution in [-0.2, 0) is 4.79 Å². The van der Waals surface area contributed by atoms with Crippen molar-refractivity contribution in [2.75, 3.05) is 11.9 Å². The number of nitrogens with zero attached hydrogens (tertiary/aromatic N) is 2. The van der Waals surface area contributed by atoms with E-state index >= 15 is 0 Å². The lowest BCUT2D eigenvalue weighted by atomic mass is 10.1. The fourth-order valence-corrected chi connectivity index (χ4v) is 2.90. The van der Waals surface area contributed by atoms with Crippen LogP contribution < -0.4 is 10.1 Å². The van der Waals surface area contributed by atoms with Crippen LogP contribution in [0.2, 0.25) is 5.02 Å². The number of nitriles is 1. The van der Waals surface area contributed by atoms with E-state index in [0.717, 1.165) is 0 Å². The predicted molar refractivity (Wildman–Crippen MR) is 116 cm³/mol. The number of amides is 1. The van der Waals surface area contributed by atoms with E-state index in [4.69, 9.17) is 20.8 Å². The minimum Gasteiger partial charge on any atom is -0.494 e. The Hall–Kier alpha value is -4.09. The highest BCUT2D eigenvalue weighted by molar-refractivity contribution is 6.32. The number of rotatable bonds is 7. The van der Waals surface area contributed by atoms with E-state index in [1.54, 1.807) is 42.5 Å². The third kappa shape index (κ3) is 5.29. The fourth-order valence-electron chi connectivity index (χ4n) is 2.71. The van der Waals surface area contributed by atoms with Crippen molar-refractivity contribution >= 4 is 35.0 Å². The molecule has 0 aliphatic heterocycles. The summed E-state index contributed by atoms with van der Waals surface area (Å²) in [5, 5.41) is 23.1. The molecule has 3 aromatic rings. The van der Waals surface area contributed by atoms with Crippen molar-refractivity contribution in [3.05, 3.63) is 81.1 Å². The number of ether oxygens (including phenoxy) is 1. The summed E-state index contributed by atoms with van der Waals surface area (Å²) in [4.78, 5) is 23.0. The van der Waals surface area contributed by atoms with Gasteiger partial charge in [-0.05, 0) is 43.3 Å². The molecule has 0 saturated carbocycles. The minimum atomic E-state index is -0.615. The minimum absolute atomic E-state index is 0.0114. The second kappa shape index (κ2) is 9.61. The van der Waals surface area contributed by atoms with Crippen LogP contribution in [0.1, 0.15) is 12.7 Å². The Morgan fingerprint density at radius 2 is 2.10 bits per heavy atom. The van der Waals surface area contributed by atoms with Crippen molar-refractivity contribution in [3.63, 3.8) is 0 Å². The number of carbonyl (C=O) groups is 1. The number of nitro benzene ring substituents is 1. The monoisotopic (exact) mass is 437 g/mol. The van der Waals surface area contributed by atoms with E-state index in [1.165, 1.54) is 18.2 Å². The van der Waals surface area contributed by atoms with Gasteiger partial charge in [-0.1, -0.05) is 17.7 Å². The average molecular weight is 438 g/mol. The van der Waals surface area contributed by atoms with Gasteiger partial charge in [0.2, 0.25) is 0 Å². The molecule has 31 heavy (non-hydrogen) atoms. The van der Waals surface area contributed by atoms with Gasteiger partial charge in [-0.15, -0.1) is 0 Å². The van der Waals surface area contributed by atoms with Crippen LogP contribution in [0.3, 0.4) is 0 Å². The first-order valence-electron chi connectivity index (χ1n) is 9.11. The molecule has 0 saturated heterocycles. The second-order valence-electron chi connectivity index (χ2n) is 6.21. The zero-order valence-corrected chi connectivity index (χ0v) is 17.1. The third-order valence-corrected chi connectivity index (χ3v) is 4.43. The molecule has 156 valence electrons. The molecule has 8 nitrogen and oxygen atoms in total. The van der Waals surface area contributed by atoms with Crippen LogP contribution in [0.5, 0.6) is 5.75 Å². The molecule has 3 rings (SSSR count). The van der Waals surface area contributed by atoms with Crippen LogP contribution in [0.4, 0.5) is 11.4 Å². The molecule has 0 radical (unpaired) electrons. The Kier molecular flexibility index (Phi) is 6.70. The third-order valence-electron chi connectivity index (χ3n) is 4.11. The lowest BCUT2D eigenvalue weighted by molar-refractivity contribution is -0.384. The predicted octanol–water partition coefficient (Wildman–Crippen LogP) is 5.45. The summed E-state index contributed by atoms with van der Waals surface area (Å²) in [6, 6.07) is 16.0. The van der Waals surface area contributed by atoms with E-state index in [1.807, 2.05) is 13.0 Å². The van der Waals surface area contributed by atoms with Gasteiger partial charge in [0.25, 0.3) is 11.6 Å².